The van der Waals surface area contributed by atoms with Gasteiger partial charge in [0.25, 0.3) is 5.41 Å². The van der Waals surface area contributed by atoms with Gasteiger partial charge in [-0.1, -0.05) is 26.0 Å². The molecule has 1 aromatic heterocycles. The van der Waals surface area contributed by atoms with Crippen molar-refractivity contribution >= 4 is 18.9 Å². The summed E-state index contributed by atoms with van der Waals surface area (Å²) in [6, 6.07) is 5.93. The van der Waals surface area contributed by atoms with E-state index < -0.39 is 25.2 Å². The van der Waals surface area contributed by atoms with Crippen LogP contribution in [0.3, 0.4) is 0 Å². The van der Waals surface area contributed by atoms with E-state index in [0.717, 1.165) is 11.3 Å². The smallest absolute Gasteiger partial charge is 0.322 e. The number of thiazole rings is 1. The number of halogens is 2. The first kappa shape index (κ1) is 17.2. The van der Waals surface area contributed by atoms with Gasteiger partial charge in [0.2, 0.25) is 0 Å². The number of nitrogens with zero attached hydrogens (tertiary/aromatic N) is 1. The average molecular weight is 347 g/mol. The highest BCUT2D eigenvalue weighted by Gasteiger charge is 2.50. The maximum Gasteiger partial charge on any atom is 0.369 e. The molecule has 4 nitrogen and oxygen atoms in total. The molecule has 1 aromatic carbocycles. The quantitative estimate of drug-likeness (QED) is 0.795. The normalized spacial score (nSPS) is 14.8. The Morgan fingerprint density at radius 3 is 2.45 bits per heavy atom. The number of rotatable bonds is 5. The highest BCUT2D eigenvalue weighted by atomic mass is 32.1. The van der Waals surface area contributed by atoms with Gasteiger partial charge < -0.3 is 9.79 Å². The van der Waals surface area contributed by atoms with Gasteiger partial charge in [-0.15, -0.1) is 11.3 Å². The van der Waals surface area contributed by atoms with Gasteiger partial charge in [-0.2, -0.15) is 0 Å². The minimum atomic E-state index is -5.04. The minimum absolute atomic E-state index is 0.200. The number of aromatic nitrogens is 1. The van der Waals surface area contributed by atoms with E-state index in [1.54, 1.807) is 13.0 Å². The predicted molar refractivity (Wildman–Crippen MR) is 82.0 cm³/mol. The second-order valence-electron chi connectivity index (χ2n) is 4.78. The third-order valence-corrected chi connectivity index (χ3v) is 6.34. The Morgan fingerprint density at radius 2 is 1.95 bits per heavy atom. The Bertz CT molecular complexity index is 731. The maximum absolute atomic E-state index is 14.8. The van der Waals surface area contributed by atoms with Crippen molar-refractivity contribution in [3.63, 3.8) is 0 Å². The van der Waals surface area contributed by atoms with Gasteiger partial charge >= 0.3 is 7.60 Å². The van der Waals surface area contributed by atoms with Crippen LogP contribution in [0.2, 0.25) is 0 Å². The van der Waals surface area contributed by atoms with Crippen molar-refractivity contribution < 1.29 is 23.1 Å². The van der Waals surface area contributed by atoms with Crippen LogP contribution in [-0.4, -0.2) is 14.8 Å². The lowest BCUT2D eigenvalue weighted by atomic mass is 10.1. The summed E-state index contributed by atoms with van der Waals surface area (Å²) in [6.07, 6.45) is 0.0486. The van der Waals surface area contributed by atoms with E-state index in [9.17, 15) is 23.1 Å². The van der Waals surface area contributed by atoms with E-state index in [-0.39, 0.29) is 16.3 Å². The lowest BCUT2D eigenvalue weighted by Gasteiger charge is -2.22. The summed E-state index contributed by atoms with van der Waals surface area (Å²) < 4.78 is 40.2. The first-order valence-corrected chi connectivity index (χ1v) is 9.17. The molecule has 1 atom stereocenters. The van der Waals surface area contributed by atoms with E-state index >= 15 is 0 Å². The number of benzene rings is 1. The minimum Gasteiger partial charge on any atom is -0.322 e. The molecular weight excluding hydrogens is 331 g/mol. The summed E-state index contributed by atoms with van der Waals surface area (Å²) in [5, 5.41) is -3.15. The van der Waals surface area contributed by atoms with Crippen molar-refractivity contribution in [1.29, 1.82) is 0 Å². The van der Waals surface area contributed by atoms with Crippen LogP contribution in [0.25, 0.3) is 11.3 Å². The molecule has 0 aliphatic rings. The molecule has 2 N–H and O–H groups in total. The molecule has 0 spiro atoms. The molecule has 2 rings (SSSR count). The number of alkyl halides is 1. The van der Waals surface area contributed by atoms with Crippen LogP contribution in [0.1, 0.15) is 30.2 Å². The monoisotopic (exact) mass is 347 g/mol. The Balaban J connectivity index is 2.64. The maximum atomic E-state index is 14.8. The summed E-state index contributed by atoms with van der Waals surface area (Å²) in [4.78, 5) is 23.3. The van der Waals surface area contributed by atoms with Gasteiger partial charge in [0.15, 0.2) is 0 Å². The highest BCUT2D eigenvalue weighted by Crippen LogP contribution is 2.61. The zero-order valence-corrected chi connectivity index (χ0v) is 13.8. The molecule has 0 radical (unpaired) electrons. The fourth-order valence-electron chi connectivity index (χ4n) is 2.10. The van der Waals surface area contributed by atoms with E-state index in [2.05, 4.69) is 4.98 Å². The third-order valence-electron chi connectivity index (χ3n) is 3.41. The average Bonchev–Trinajstić information content (AvgIpc) is 2.90. The van der Waals surface area contributed by atoms with E-state index in [1.165, 1.54) is 25.1 Å². The van der Waals surface area contributed by atoms with E-state index in [0.29, 0.717) is 11.3 Å². The lowest BCUT2D eigenvalue weighted by Crippen LogP contribution is -2.19. The van der Waals surface area contributed by atoms with Crippen molar-refractivity contribution in [3.05, 3.63) is 40.0 Å². The zero-order valence-electron chi connectivity index (χ0n) is 12.1. The van der Waals surface area contributed by atoms with Crippen LogP contribution in [0, 0.1) is 5.82 Å². The summed E-state index contributed by atoms with van der Waals surface area (Å²) in [6.45, 7) is 3.14. The van der Waals surface area contributed by atoms with E-state index in [4.69, 9.17) is 0 Å². The molecule has 1 unspecified atom stereocenters. The van der Waals surface area contributed by atoms with E-state index in [1.807, 2.05) is 0 Å². The SMILES string of the molecule is CCc1sc(C(F)(CC)P(=O)(O)O)nc1-c1ccccc1F. The van der Waals surface area contributed by atoms with Gasteiger partial charge in [0.05, 0.1) is 5.69 Å². The predicted octanol–water partition coefficient (Wildman–Crippen LogP) is 4.22. The second kappa shape index (κ2) is 6.16. The molecule has 0 saturated heterocycles. The molecule has 22 heavy (non-hydrogen) atoms. The van der Waals surface area contributed by atoms with Crippen LogP contribution in [-0.2, 0) is 16.4 Å². The van der Waals surface area contributed by atoms with Crippen LogP contribution < -0.4 is 0 Å². The van der Waals surface area contributed by atoms with Crippen LogP contribution in [0.4, 0.5) is 8.78 Å². The van der Waals surface area contributed by atoms with Crippen LogP contribution >= 0.6 is 18.9 Å². The zero-order chi connectivity index (χ0) is 16.5. The largest absolute Gasteiger partial charge is 0.369 e. The van der Waals surface area contributed by atoms with Crippen molar-refractivity contribution in [2.45, 2.75) is 32.1 Å². The molecule has 0 aliphatic carbocycles. The van der Waals surface area contributed by atoms with Crippen molar-refractivity contribution in [2.24, 2.45) is 0 Å². The lowest BCUT2D eigenvalue weighted by molar-refractivity contribution is 0.197. The molecule has 2 aromatic rings. The van der Waals surface area contributed by atoms with Crippen molar-refractivity contribution in [3.8, 4) is 11.3 Å². The topological polar surface area (TPSA) is 70.4 Å². The van der Waals surface area contributed by atoms with Crippen molar-refractivity contribution in [1.82, 2.24) is 4.98 Å². The molecular formula is C14H16F2NO3PS. The molecule has 8 heteroatoms. The Hall–Kier alpha value is -1.14. The Morgan fingerprint density at radius 1 is 1.32 bits per heavy atom. The van der Waals surface area contributed by atoms with Crippen LogP contribution in [0.5, 0.6) is 0 Å². The summed E-state index contributed by atoms with van der Waals surface area (Å²) in [5.41, 5.74) is 0.440. The van der Waals surface area contributed by atoms with Crippen LogP contribution in [0.15, 0.2) is 24.3 Å². The highest BCUT2D eigenvalue weighted by molar-refractivity contribution is 7.53. The number of hydrogen-bond acceptors (Lipinski definition) is 3. The second-order valence-corrected chi connectivity index (χ2v) is 7.66. The Labute approximate surface area is 131 Å². The molecule has 0 aliphatic heterocycles. The van der Waals surface area contributed by atoms with Crippen molar-refractivity contribution in [2.75, 3.05) is 0 Å². The van der Waals surface area contributed by atoms with Gasteiger partial charge in [-0.25, -0.2) is 13.8 Å². The number of aryl methyl sites for hydroxylation is 1. The standard InChI is InChI=1S/C14H16F2NO3PS/c1-3-11-12(9-7-5-6-8-10(9)15)17-13(22-11)14(16,4-2)21(18,19)20/h5-8H,3-4H2,1-2H3,(H2,18,19,20). The molecule has 0 fully saturated rings. The summed E-state index contributed by atoms with van der Waals surface area (Å²) in [7, 11) is -5.04. The number of hydrogen-bond donors (Lipinski definition) is 2. The van der Waals surface area contributed by atoms with Gasteiger partial charge in [-0.3, -0.25) is 4.57 Å². The third kappa shape index (κ3) is 2.86. The van der Waals surface area contributed by atoms with Gasteiger partial charge in [0.1, 0.15) is 10.8 Å². The molecule has 1 heterocycles. The van der Waals surface area contributed by atoms with Gasteiger partial charge in [0, 0.05) is 10.4 Å². The first-order chi connectivity index (χ1) is 10.2. The summed E-state index contributed by atoms with van der Waals surface area (Å²) >= 11 is 0.876. The fourth-order valence-corrected chi connectivity index (χ4v) is 4.37. The molecule has 0 bridgehead atoms. The molecule has 0 saturated carbocycles. The van der Waals surface area contributed by atoms with Gasteiger partial charge in [-0.05, 0) is 25.0 Å². The Kier molecular flexibility index (Phi) is 4.82. The summed E-state index contributed by atoms with van der Waals surface area (Å²) in [5.74, 6) is -0.508. The first-order valence-electron chi connectivity index (χ1n) is 6.74. The molecule has 120 valence electrons. The molecule has 0 amide bonds. The fraction of sp³-hybridized carbons (Fsp3) is 0.357.